The van der Waals surface area contributed by atoms with Crippen molar-refractivity contribution in [1.82, 2.24) is 9.97 Å². The second-order valence-electron chi connectivity index (χ2n) is 5.93. The number of rotatable bonds is 5. The third-order valence-corrected chi connectivity index (χ3v) is 5.82. The highest BCUT2D eigenvalue weighted by Crippen LogP contribution is 2.50. The summed E-state index contributed by atoms with van der Waals surface area (Å²) in [4.78, 5) is 8.56. The molecule has 0 fully saturated rings. The highest BCUT2D eigenvalue weighted by Gasteiger charge is 2.37. The Labute approximate surface area is 158 Å². The van der Waals surface area contributed by atoms with Gasteiger partial charge in [0, 0.05) is 6.20 Å². The van der Waals surface area contributed by atoms with Gasteiger partial charge in [-0.05, 0) is 22.8 Å². The Morgan fingerprint density at radius 2 is 1.04 bits per heavy atom. The van der Waals surface area contributed by atoms with E-state index in [1.165, 1.54) is 16.7 Å². The Morgan fingerprint density at radius 3 is 1.42 bits per heavy atom. The van der Waals surface area contributed by atoms with Crippen molar-refractivity contribution in [3.05, 3.63) is 126 Å². The monoisotopic (exact) mass is 354 g/mol. The molecular formula is C23H18N2S. The van der Waals surface area contributed by atoms with Crippen LogP contribution in [0.4, 0.5) is 0 Å². The zero-order valence-electron chi connectivity index (χ0n) is 14.2. The molecule has 3 aromatic carbocycles. The smallest absolute Gasteiger partial charge is 0.116 e. The SMILES string of the molecule is c1ccc(C(Sc2ccncn2)(c2ccccc2)c2ccccc2)cc1. The number of thioether (sulfide) groups is 1. The van der Waals surface area contributed by atoms with Gasteiger partial charge >= 0.3 is 0 Å². The summed E-state index contributed by atoms with van der Waals surface area (Å²) < 4.78 is -0.391. The minimum Gasteiger partial charge on any atom is -0.245 e. The van der Waals surface area contributed by atoms with Gasteiger partial charge in [-0.1, -0.05) is 103 Å². The molecule has 0 bridgehead atoms. The molecule has 0 radical (unpaired) electrons. The molecule has 2 nitrogen and oxygen atoms in total. The zero-order valence-corrected chi connectivity index (χ0v) is 15.0. The normalized spacial score (nSPS) is 11.2. The van der Waals surface area contributed by atoms with Gasteiger partial charge in [0.05, 0.1) is 4.75 Å². The molecule has 3 heteroatoms. The van der Waals surface area contributed by atoms with E-state index in [0.717, 1.165) is 5.03 Å². The largest absolute Gasteiger partial charge is 0.245 e. The molecule has 0 N–H and O–H groups in total. The van der Waals surface area contributed by atoms with Crippen LogP contribution in [-0.4, -0.2) is 9.97 Å². The summed E-state index contributed by atoms with van der Waals surface area (Å²) in [6.45, 7) is 0. The molecule has 1 heterocycles. The molecule has 0 saturated heterocycles. The van der Waals surface area contributed by atoms with Gasteiger partial charge in [-0.3, -0.25) is 0 Å². The van der Waals surface area contributed by atoms with Crippen LogP contribution in [0.1, 0.15) is 16.7 Å². The fourth-order valence-corrected chi connectivity index (χ4v) is 4.50. The fourth-order valence-electron chi connectivity index (χ4n) is 3.19. The van der Waals surface area contributed by atoms with Crippen LogP contribution in [0.15, 0.2) is 115 Å². The highest BCUT2D eigenvalue weighted by molar-refractivity contribution is 8.00. The van der Waals surface area contributed by atoms with E-state index in [1.807, 2.05) is 6.07 Å². The molecule has 0 saturated carbocycles. The molecule has 0 aliphatic rings. The van der Waals surface area contributed by atoms with E-state index in [9.17, 15) is 0 Å². The summed E-state index contributed by atoms with van der Waals surface area (Å²) in [5.41, 5.74) is 3.67. The van der Waals surface area contributed by atoms with Gasteiger partial charge < -0.3 is 0 Å². The maximum Gasteiger partial charge on any atom is 0.116 e. The molecule has 126 valence electrons. The minimum absolute atomic E-state index is 0.391. The van der Waals surface area contributed by atoms with Crippen LogP contribution in [0.5, 0.6) is 0 Å². The van der Waals surface area contributed by atoms with E-state index in [0.29, 0.717) is 0 Å². The third kappa shape index (κ3) is 3.14. The first kappa shape index (κ1) is 16.6. The van der Waals surface area contributed by atoms with Crippen molar-refractivity contribution in [2.75, 3.05) is 0 Å². The molecule has 0 unspecified atom stereocenters. The standard InChI is InChI=1S/C23H18N2S/c1-4-10-19(11-5-1)23(20-12-6-2-7-13-20,21-14-8-3-9-15-21)26-22-16-17-24-18-25-22/h1-18H. The molecule has 0 amide bonds. The first-order valence-corrected chi connectivity index (χ1v) is 9.33. The van der Waals surface area contributed by atoms with Crippen molar-refractivity contribution in [3.63, 3.8) is 0 Å². The maximum absolute atomic E-state index is 4.49. The first-order valence-electron chi connectivity index (χ1n) is 8.51. The lowest BCUT2D eigenvalue weighted by Gasteiger charge is -2.35. The molecule has 0 atom stereocenters. The van der Waals surface area contributed by atoms with Gasteiger partial charge in [-0.25, -0.2) is 9.97 Å². The van der Waals surface area contributed by atoms with Gasteiger partial charge in [-0.2, -0.15) is 0 Å². The number of aromatic nitrogens is 2. The Hall–Kier alpha value is -2.91. The van der Waals surface area contributed by atoms with Crippen LogP contribution in [0, 0.1) is 0 Å². The predicted octanol–water partition coefficient (Wildman–Crippen LogP) is 5.56. The van der Waals surface area contributed by atoms with Crippen molar-refractivity contribution in [3.8, 4) is 0 Å². The van der Waals surface area contributed by atoms with Crippen LogP contribution in [0.3, 0.4) is 0 Å². The molecule has 0 aliphatic heterocycles. The minimum atomic E-state index is -0.391. The van der Waals surface area contributed by atoms with Gasteiger partial charge in [0.2, 0.25) is 0 Å². The number of benzene rings is 3. The lowest BCUT2D eigenvalue weighted by atomic mass is 9.84. The van der Waals surface area contributed by atoms with E-state index in [2.05, 4.69) is 101 Å². The summed E-state index contributed by atoms with van der Waals surface area (Å²) in [5.74, 6) is 0. The number of nitrogens with zero attached hydrogens (tertiary/aromatic N) is 2. The summed E-state index contributed by atoms with van der Waals surface area (Å²) in [6, 6.07) is 33.8. The van der Waals surface area contributed by atoms with E-state index >= 15 is 0 Å². The van der Waals surface area contributed by atoms with Gasteiger partial charge in [-0.15, -0.1) is 0 Å². The Balaban J connectivity index is 2.00. The van der Waals surface area contributed by atoms with Crippen LogP contribution >= 0.6 is 11.8 Å². The average molecular weight is 354 g/mol. The van der Waals surface area contributed by atoms with Crippen LogP contribution in [0.2, 0.25) is 0 Å². The van der Waals surface area contributed by atoms with Gasteiger partial charge in [0.15, 0.2) is 0 Å². The molecule has 0 aliphatic carbocycles. The zero-order chi connectivity index (χ0) is 17.7. The van der Waals surface area contributed by atoms with E-state index in [1.54, 1.807) is 24.3 Å². The molecule has 4 rings (SSSR count). The highest BCUT2D eigenvalue weighted by atomic mass is 32.2. The Morgan fingerprint density at radius 1 is 0.577 bits per heavy atom. The third-order valence-electron chi connectivity index (χ3n) is 4.35. The van der Waals surface area contributed by atoms with Crippen molar-refractivity contribution in [1.29, 1.82) is 0 Å². The average Bonchev–Trinajstić information content (AvgIpc) is 2.75. The van der Waals surface area contributed by atoms with Crippen LogP contribution in [0.25, 0.3) is 0 Å². The molecular weight excluding hydrogens is 336 g/mol. The molecule has 4 aromatic rings. The van der Waals surface area contributed by atoms with Crippen molar-refractivity contribution in [2.45, 2.75) is 9.77 Å². The summed E-state index contributed by atoms with van der Waals surface area (Å²) >= 11 is 1.74. The summed E-state index contributed by atoms with van der Waals surface area (Å²) in [6.07, 6.45) is 3.40. The maximum atomic E-state index is 4.49. The molecule has 1 aromatic heterocycles. The van der Waals surface area contributed by atoms with E-state index < -0.39 is 4.75 Å². The van der Waals surface area contributed by atoms with Crippen molar-refractivity contribution in [2.24, 2.45) is 0 Å². The Bertz CT molecular complexity index is 846. The van der Waals surface area contributed by atoms with E-state index in [-0.39, 0.29) is 0 Å². The van der Waals surface area contributed by atoms with Gasteiger partial charge in [0.1, 0.15) is 11.4 Å². The predicted molar refractivity (Wildman–Crippen MR) is 107 cm³/mol. The first-order chi connectivity index (χ1) is 12.9. The van der Waals surface area contributed by atoms with E-state index in [4.69, 9.17) is 0 Å². The number of hydrogen-bond donors (Lipinski definition) is 0. The lowest BCUT2D eigenvalue weighted by Crippen LogP contribution is -2.25. The molecule has 0 spiro atoms. The summed E-state index contributed by atoms with van der Waals surface area (Å²) in [5, 5.41) is 0.941. The van der Waals surface area contributed by atoms with Crippen molar-refractivity contribution < 1.29 is 0 Å². The lowest BCUT2D eigenvalue weighted by molar-refractivity contribution is 0.885. The second-order valence-corrected chi connectivity index (χ2v) is 7.16. The van der Waals surface area contributed by atoms with Crippen LogP contribution in [-0.2, 0) is 4.75 Å². The number of hydrogen-bond acceptors (Lipinski definition) is 3. The van der Waals surface area contributed by atoms with Gasteiger partial charge in [0.25, 0.3) is 0 Å². The van der Waals surface area contributed by atoms with Crippen molar-refractivity contribution >= 4 is 11.8 Å². The topological polar surface area (TPSA) is 25.8 Å². The van der Waals surface area contributed by atoms with Crippen LogP contribution < -0.4 is 0 Å². The fraction of sp³-hybridized carbons (Fsp3) is 0.0435. The molecule has 26 heavy (non-hydrogen) atoms. The second kappa shape index (κ2) is 7.54. The summed E-state index contributed by atoms with van der Waals surface area (Å²) in [7, 11) is 0. The quantitative estimate of drug-likeness (QED) is 0.266. The Kier molecular flexibility index (Phi) is 4.80.